The first kappa shape index (κ1) is 21.7. The highest BCUT2D eigenvalue weighted by Crippen LogP contribution is 2.23. The predicted octanol–water partition coefficient (Wildman–Crippen LogP) is 3.06. The third-order valence-electron chi connectivity index (χ3n) is 5.00. The van der Waals surface area contributed by atoms with Crippen LogP contribution in [0.4, 0.5) is 22.9 Å². The molecule has 2 heterocycles. The number of ether oxygens (including phenoxy) is 1. The number of anilines is 4. The second-order valence-electron chi connectivity index (χ2n) is 7.29. The zero-order chi connectivity index (χ0) is 22.6. The first-order valence-corrected chi connectivity index (χ1v) is 11.6. The van der Waals surface area contributed by atoms with E-state index in [1.807, 2.05) is 6.07 Å². The average molecular weight is 454 g/mol. The lowest BCUT2D eigenvalue weighted by atomic mass is 10.2. The van der Waals surface area contributed by atoms with E-state index in [-0.39, 0.29) is 10.7 Å². The van der Waals surface area contributed by atoms with Gasteiger partial charge in [0.25, 0.3) is 10.0 Å². The number of Topliss-reactive ketones (excluding diaryl/α,β-unsaturated/α-hetero) is 1. The molecule has 0 radical (unpaired) electrons. The molecule has 2 N–H and O–H groups in total. The molecule has 0 spiro atoms. The summed E-state index contributed by atoms with van der Waals surface area (Å²) in [6, 6.07) is 14.5. The van der Waals surface area contributed by atoms with Gasteiger partial charge in [0.15, 0.2) is 11.6 Å². The van der Waals surface area contributed by atoms with Crippen molar-refractivity contribution in [1.82, 2.24) is 10.2 Å². The lowest BCUT2D eigenvalue weighted by Gasteiger charge is -2.28. The van der Waals surface area contributed by atoms with Crippen molar-refractivity contribution in [2.45, 2.75) is 11.8 Å². The Morgan fingerprint density at radius 3 is 2.31 bits per heavy atom. The maximum Gasteiger partial charge on any atom is 0.261 e. The molecule has 1 saturated heterocycles. The fourth-order valence-electron chi connectivity index (χ4n) is 3.26. The maximum absolute atomic E-state index is 12.6. The molecule has 0 unspecified atom stereocenters. The molecule has 1 fully saturated rings. The summed E-state index contributed by atoms with van der Waals surface area (Å²) in [6.07, 6.45) is 1.72. The Labute approximate surface area is 186 Å². The van der Waals surface area contributed by atoms with Gasteiger partial charge in [-0.3, -0.25) is 9.52 Å². The monoisotopic (exact) mass is 453 g/mol. The highest BCUT2D eigenvalue weighted by atomic mass is 32.2. The van der Waals surface area contributed by atoms with Crippen molar-refractivity contribution in [3.8, 4) is 0 Å². The zero-order valence-electron chi connectivity index (χ0n) is 17.5. The van der Waals surface area contributed by atoms with Gasteiger partial charge in [-0.1, -0.05) is 12.1 Å². The largest absolute Gasteiger partial charge is 0.378 e. The number of nitrogens with one attached hydrogen (secondary N) is 2. The summed E-state index contributed by atoms with van der Waals surface area (Å²) in [5.41, 5.74) is 2.58. The number of morpholine rings is 1. The summed E-state index contributed by atoms with van der Waals surface area (Å²) in [7, 11) is -3.77. The molecule has 1 aliphatic heterocycles. The lowest BCUT2D eigenvalue weighted by molar-refractivity contribution is 0.101. The Morgan fingerprint density at radius 1 is 1.00 bits per heavy atom. The van der Waals surface area contributed by atoms with Crippen LogP contribution < -0.4 is 14.9 Å². The zero-order valence-corrected chi connectivity index (χ0v) is 18.3. The second-order valence-corrected chi connectivity index (χ2v) is 8.97. The van der Waals surface area contributed by atoms with Crippen LogP contribution in [0.3, 0.4) is 0 Å². The van der Waals surface area contributed by atoms with E-state index in [2.05, 4.69) is 25.1 Å². The number of hydrogen-bond donors (Lipinski definition) is 2. The molecule has 9 nitrogen and oxygen atoms in total. The number of ketones is 1. The van der Waals surface area contributed by atoms with Gasteiger partial charge in [0.2, 0.25) is 0 Å². The van der Waals surface area contributed by atoms with Crippen molar-refractivity contribution in [2.75, 3.05) is 41.2 Å². The molecular formula is C22H23N5O4S. The molecule has 0 amide bonds. The maximum atomic E-state index is 12.6. The van der Waals surface area contributed by atoms with Gasteiger partial charge in [-0.25, -0.2) is 8.42 Å². The molecule has 10 heteroatoms. The van der Waals surface area contributed by atoms with Crippen molar-refractivity contribution in [3.63, 3.8) is 0 Å². The SMILES string of the molecule is CC(=O)c1ccc(S(=O)(=O)Nc2ccc(Nc3cc(N4CCOCC4)cnn3)cc2)cc1. The van der Waals surface area contributed by atoms with E-state index in [9.17, 15) is 13.2 Å². The van der Waals surface area contributed by atoms with Crippen LogP contribution in [0.5, 0.6) is 0 Å². The predicted molar refractivity (Wildman–Crippen MR) is 122 cm³/mol. The van der Waals surface area contributed by atoms with Crippen LogP contribution in [0.15, 0.2) is 65.7 Å². The molecule has 2 aromatic carbocycles. The lowest BCUT2D eigenvalue weighted by Crippen LogP contribution is -2.36. The number of carbonyl (C=O) groups excluding carboxylic acids is 1. The molecule has 4 rings (SSSR count). The highest BCUT2D eigenvalue weighted by Gasteiger charge is 2.15. The average Bonchev–Trinajstić information content (AvgIpc) is 2.81. The van der Waals surface area contributed by atoms with Crippen molar-refractivity contribution in [1.29, 1.82) is 0 Å². The molecule has 0 atom stereocenters. The van der Waals surface area contributed by atoms with E-state index in [1.54, 1.807) is 30.5 Å². The minimum Gasteiger partial charge on any atom is -0.378 e. The quantitative estimate of drug-likeness (QED) is 0.525. The van der Waals surface area contributed by atoms with Crippen LogP contribution in [-0.4, -0.2) is 50.7 Å². The molecule has 1 aromatic heterocycles. The van der Waals surface area contributed by atoms with E-state index in [4.69, 9.17) is 4.74 Å². The number of carbonyl (C=O) groups is 1. The highest BCUT2D eigenvalue weighted by molar-refractivity contribution is 7.92. The second kappa shape index (κ2) is 9.33. The van der Waals surface area contributed by atoms with Crippen LogP contribution in [-0.2, 0) is 14.8 Å². The summed E-state index contributed by atoms with van der Waals surface area (Å²) in [4.78, 5) is 13.6. The fourth-order valence-corrected chi connectivity index (χ4v) is 4.32. The minimum atomic E-state index is -3.77. The molecule has 3 aromatic rings. The van der Waals surface area contributed by atoms with Crippen LogP contribution in [0.1, 0.15) is 17.3 Å². The van der Waals surface area contributed by atoms with Crippen molar-refractivity contribution in [3.05, 3.63) is 66.4 Å². The normalized spacial score (nSPS) is 14.1. The van der Waals surface area contributed by atoms with Gasteiger partial charge in [-0.15, -0.1) is 5.10 Å². The van der Waals surface area contributed by atoms with Gasteiger partial charge in [-0.2, -0.15) is 5.10 Å². The smallest absolute Gasteiger partial charge is 0.261 e. The third-order valence-corrected chi connectivity index (χ3v) is 6.39. The molecule has 166 valence electrons. The van der Waals surface area contributed by atoms with E-state index in [1.165, 1.54) is 31.2 Å². The number of aromatic nitrogens is 2. The number of benzene rings is 2. The molecule has 32 heavy (non-hydrogen) atoms. The molecule has 1 aliphatic rings. The number of sulfonamides is 1. The van der Waals surface area contributed by atoms with Gasteiger partial charge in [-0.05, 0) is 43.3 Å². The molecule has 0 bridgehead atoms. The third kappa shape index (κ3) is 5.21. The van der Waals surface area contributed by atoms with Gasteiger partial charge in [0.05, 0.1) is 30.0 Å². The Hall–Kier alpha value is -3.50. The topological polar surface area (TPSA) is 114 Å². The van der Waals surface area contributed by atoms with E-state index in [0.29, 0.717) is 30.3 Å². The Balaban J connectivity index is 1.42. The number of hydrogen-bond acceptors (Lipinski definition) is 8. The molecular weight excluding hydrogens is 430 g/mol. The standard InChI is InChI=1S/C22H23N5O4S/c1-16(28)17-2-8-21(9-3-17)32(29,30)26-19-6-4-18(5-7-19)24-22-14-20(15-23-25-22)27-10-12-31-13-11-27/h2-9,14-15,26H,10-13H2,1H3,(H,24,25). The Kier molecular flexibility index (Phi) is 6.33. The Morgan fingerprint density at radius 2 is 1.66 bits per heavy atom. The van der Waals surface area contributed by atoms with Crippen molar-refractivity contribution in [2.24, 2.45) is 0 Å². The first-order valence-electron chi connectivity index (χ1n) is 10.1. The van der Waals surface area contributed by atoms with E-state index < -0.39 is 10.0 Å². The van der Waals surface area contributed by atoms with Crippen molar-refractivity contribution >= 4 is 38.7 Å². The van der Waals surface area contributed by atoms with Crippen LogP contribution >= 0.6 is 0 Å². The summed E-state index contributed by atoms with van der Waals surface area (Å²) in [5.74, 6) is 0.470. The van der Waals surface area contributed by atoms with E-state index >= 15 is 0 Å². The summed E-state index contributed by atoms with van der Waals surface area (Å²) < 4.78 is 33.1. The minimum absolute atomic E-state index is 0.0832. The molecule has 0 aliphatic carbocycles. The van der Waals surface area contributed by atoms with Crippen LogP contribution in [0.2, 0.25) is 0 Å². The fraction of sp³-hybridized carbons (Fsp3) is 0.227. The van der Waals surface area contributed by atoms with Crippen LogP contribution in [0, 0.1) is 0 Å². The van der Waals surface area contributed by atoms with E-state index in [0.717, 1.165) is 24.5 Å². The summed E-state index contributed by atoms with van der Waals surface area (Å²) >= 11 is 0. The Bertz CT molecular complexity index is 1190. The van der Waals surface area contributed by atoms with Gasteiger partial charge < -0.3 is 15.0 Å². The summed E-state index contributed by atoms with van der Waals surface area (Å²) in [5, 5.41) is 11.4. The van der Waals surface area contributed by atoms with Crippen molar-refractivity contribution < 1.29 is 17.9 Å². The molecule has 0 saturated carbocycles. The van der Waals surface area contributed by atoms with Gasteiger partial charge >= 0.3 is 0 Å². The van der Waals surface area contributed by atoms with Gasteiger partial charge in [0.1, 0.15) is 0 Å². The number of nitrogens with zero attached hydrogens (tertiary/aromatic N) is 3. The summed E-state index contributed by atoms with van der Waals surface area (Å²) in [6.45, 7) is 4.41. The van der Waals surface area contributed by atoms with Crippen LogP contribution in [0.25, 0.3) is 0 Å². The van der Waals surface area contributed by atoms with Gasteiger partial charge in [0, 0.05) is 36.1 Å². The number of rotatable bonds is 7. The first-order chi connectivity index (χ1) is 15.4.